The number of aromatic hydroxyl groups is 4. The van der Waals surface area contributed by atoms with Gasteiger partial charge in [-0.1, -0.05) is 95.6 Å². The third-order valence-corrected chi connectivity index (χ3v) is 21.9. The fraction of sp³-hybridized carbons (Fsp3) is 0.134. The Hall–Kier alpha value is -7.01. The molecule has 0 radical (unpaired) electrons. The molecule has 0 atom stereocenters. The van der Waals surface area contributed by atoms with Gasteiger partial charge >= 0.3 is 118 Å². The molecule has 2 heterocycles. The Morgan fingerprint density at radius 2 is 0.756 bits per heavy atom. The minimum absolute atomic E-state index is 0. The number of carbonyl (C=O) groups is 2. The van der Waals surface area contributed by atoms with E-state index in [2.05, 4.69) is 61.7 Å². The van der Waals surface area contributed by atoms with Crippen LogP contribution >= 0.6 is 69.6 Å². The maximum absolute atomic E-state index is 12.7. The number of hydrogen-bond acceptors (Lipinski definition) is 32. The van der Waals surface area contributed by atoms with Crippen molar-refractivity contribution < 1.29 is 209 Å². The first-order valence-electron chi connectivity index (χ1n) is 31.5. The third kappa shape index (κ3) is 28.5. The van der Waals surface area contributed by atoms with Gasteiger partial charge in [0.15, 0.2) is 28.9 Å². The summed E-state index contributed by atoms with van der Waals surface area (Å²) in [7, 11) is -22.7. The molecule has 52 heteroatoms. The Labute approximate surface area is 798 Å². The molecule has 2 amide bonds. The number of amides is 2. The molecule has 10 rings (SSSR count). The van der Waals surface area contributed by atoms with Gasteiger partial charge in [-0.3, -0.25) is 9.59 Å². The number of sulfonamides is 1. The SMILES string of the molecule is CC(=O)Nc1cc(N=Nc2c(C#N)c(C)nn2-c2cccc(S(=O)(=O)[O-])c2)cc(Cl)c1O.CC(=O)Nc1cc(N=Nc2ccc(S(=O)(=O)[O-])cc2Cl)cc(Cl)c1O.CCN(CC)S(=O)(=O)c1cc(N=Nc2ccc(S(=O)(=O)[O-])cc2Cl)cc(Cl)c1O.Cc1cc(N=Nc2c(C#N)c(C)nn2-c2cccc(S(=O)(=O)[O-])c2)cc(Cl)c1O.[Na+].[Na+].[Na+].[Na+]. The summed E-state index contributed by atoms with van der Waals surface area (Å²) in [6.07, 6.45) is 0. The average Bonchev–Trinajstić information content (AvgIpc) is 1.76. The predicted octanol–water partition coefficient (Wildman–Crippen LogP) is 3.77. The van der Waals surface area contributed by atoms with Gasteiger partial charge in [-0.2, -0.15) is 35.3 Å². The van der Waals surface area contributed by atoms with Crippen molar-refractivity contribution in [2.75, 3.05) is 23.7 Å². The van der Waals surface area contributed by atoms with Crippen LogP contribution in [0.3, 0.4) is 0 Å². The summed E-state index contributed by atoms with van der Waals surface area (Å²) >= 11 is 35.5. The number of nitrogens with zero attached hydrogens (tertiary/aromatic N) is 15. The molecule has 10 aromatic rings. The van der Waals surface area contributed by atoms with Crippen LogP contribution in [0.5, 0.6) is 23.0 Å². The van der Waals surface area contributed by atoms with Gasteiger partial charge in [-0.15, -0.1) is 30.7 Å². The van der Waals surface area contributed by atoms with Crippen LogP contribution in [0.2, 0.25) is 30.1 Å². The fourth-order valence-electron chi connectivity index (χ4n) is 9.41. The molecule has 0 saturated carbocycles. The zero-order valence-electron chi connectivity index (χ0n) is 63.5. The van der Waals surface area contributed by atoms with Gasteiger partial charge in [-0.05, 0) is 148 Å². The van der Waals surface area contributed by atoms with Crippen molar-refractivity contribution in [2.45, 2.75) is 72.9 Å². The van der Waals surface area contributed by atoms with Crippen LogP contribution in [0.15, 0.2) is 199 Å². The van der Waals surface area contributed by atoms with Crippen LogP contribution in [0.25, 0.3) is 11.4 Å². The number of phenols is 4. The van der Waals surface area contributed by atoms with Gasteiger partial charge in [-0.25, -0.2) is 51.5 Å². The summed E-state index contributed by atoms with van der Waals surface area (Å²) in [5.41, 5.74) is 2.60. The molecule has 0 unspecified atom stereocenters. The molecule has 6 N–H and O–H groups in total. The monoisotopic (exact) mass is 1880 g/mol. The molecule has 602 valence electrons. The van der Waals surface area contributed by atoms with E-state index in [-0.39, 0.29) is 253 Å². The minimum atomic E-state index is -4.72. The summed E-state index contributed by atoms with van der Waals surface area (Å²) in [6, 6.07) is 31.0. The van der Waals surface area contributed by atoms with Crippen molar-refractivity contribution in [1.29, 1.82) is 10.5 Å². The van der Waals surface area contributed by atoms with Crippen molar-refractivity contribution in [3.63, 3.8) is 0 Å². The predicted molar refractivity (Wildman–Crippen MR) is 413 cm³/mol. The number of rotatable bonds is 20. The van der Waals surface area contributed by atoms with E-state index in [0.717, 1.165) is 58.9 Å². The van der Waals surface area contributed by atoms with Crippen molar-refractivity contribution in [2.24, 2.45) is 40.9 Å². The molecular formula is C67H53Cl6N17Na4O20S5. The Bertz CT molecular complexity index is 6360. The topological polar surface area (TPSA) is 587 Å². The first kappa shape index (κ1) is 106. The van der Waals surface area contributed by atoms with Gasteiger partial charge in [0, 0.05) is 26.9 Å². The summed E-state index contributed by atoms with van der Waals surface area (Å²) in [6.45, 7) is 11.0. The number of phenolic OH excluding ortho intramolecular Hbond substituents is 4. The van der Waals surface area contributed by atoms with Crippen LogP contribution in [-0.4, -0.2) is 129 Å². The maximum Gasteiger partial charge on any atom is 1.00 e. The Kier molecular flexibility index (Phi) is 40.5. The second-order valence-corrected chi connectivity index (χ2v) is 32.8. The van der Waals surface area contributed by atoms with Crippen molar-refractivity contribution in [3.05, 3.63) is 192 Å². The first-order valence-corrected chi connectivity index (χ1v) is 40.9. The van der Waals surface area contributed by atoms with E-state index in [1.54, 1.807) is 40.7 Å². The molecule has 119 heavy (non-hydrogen) atoms. The molecule has 0 bridgehead atoms. The molecule has 0 aliphatic carbocycles. The number of hydrogen-bond donors (Lipinski definition) is 6. The molecule has 0 aliphatic rings. The Morgan fingerprint density at radius 3 is 1.08 bits per heavy atom. The quantitative estimate of drug-likeness (QED) is 0.0274. The van der Waals surface area contributed by atoms with Crippen LogP contribution in [0.4, 0.5) is 57.1 Å². The Balaban J connectivity index is 0.000000407. The molecule has 0 saturated heterocycles. The van der Waals surface area contributed by atoms with E-state index in [1.807, 2.05) is 12.1 Å². The number of aryl methyl sites for hydroxylation is 3. The smallest absolute Gasteiger partial charge is 0.744 e. The van der Waals surface area contributed by atoms with E-state index in [4.69, 9.17) is 69.6 Å². The average molecular weight is 1880 g/mol. The number of azo groups is 4. The molecular weight excluding hydrogens is 1830 g/mol. The third-order valence-electron chi connectivity index (χ3n) is 14.8. The first-order chi connectivity index (χ1) is 53.6. The molecule has 8 aromatic carbocycles. The van der Waals surface area contributed by atoms with Gasteiger partial charge in [0.2, 0.25) is 21.8 Å². The normalized spacial score (nSPS) is 11.5. The summed E-state index contributed by atoms with van der Waals surface area (Å²) in [5.74, 6) is -2.20. The van der Waals surface area contributed by atoms with Crippen LogP contribution < -0.4 is 129 Å². The molecule has 0 spiro atoms. The van der Waals surface area contributed by atoms with Gasteiger partial charge in [0.05, 0.1) is 107 Å². The number of nitriles is 2. The summed E-state index contributed by atoms with van der Waals surface area (Å²) in [4.78, 5) is 20.1. The largest absolute Gasteiger partial charge is 1.00 e. The second-order valence-electron chi connectivity index (χ2n) is 22.9. The molecule has 0 fully saturated rings. The second kappa shape index (κ2) is 45.4. The molecule has 0 aliphatic heterocycles. The van der Waals surface area contributed by atoms with E-state index < -0.39 is 92.5 Å². The van der Waals surface area contributed by atoms with Crippen molar-refractivity contribution >= 4 is 189 Å². The number of aromatic nitrogens is 4. The number of carbonyl (C=O) groups excluding carboxylic acids is 2. The van der Waals surface area contributed by atoms with E-state index >= 15 is 0 Å². The minimum Gasteiger partial charge on any atom is -0.744 e. The zero-order valence-corrected chi connectivity index (χ0v) is 80.1. The summed E-state index contributed by atoms with van der Waals surface area (Å²) < 4.78 is 163. The van der Waals surface area contributed by atoms with E-state index in [1.165, 1.54) is 96.0 Å². The number of halogens is 6. The Morgan fingerprint density at radius 1 is 0.437 bits per heavy atom. The van der Waals surface area contributed by atoms with Crippen LogP contribution in [0.1, 0.15) is 55.8 Å². The fourth-order valence-corrected chi connectivity index (χ4v) is 14.5. The van der Waals surface area contributed by atoms with Crippen molar-refractivity contribution in [1.82, 2.24) is 23.9 Å². The zero-order chi connectivity index (χ0) is 85.7. The maximum atomic E-state index is 12.7. The standard InChI is InChI=1S/C19H15ClN6O5S.C18H14ClN5O4S.C16H17Cl2N3O6S2.C14H11Cl2N3O5S.4Na/c1-10-15(9-21)19(26(25-10)13-4-3-5-14(8-13)32(29,30)31)24-23-12-6-16(20)18(28)17(7-12)22-11(2)27;1-10-6-12(7-16(19)17(10)25)21-22-18-15(9-20)11(2)23-24(18)13-4-3-5-14(8-13)29(26,27)28;1-3-21(4-2)28(23,24)15-8-10(7-13(18)16(15)22)19-20-14-6-5-11(9-12(14)17)29(25,26)27;1-7(20)17-13-5-8(4-11(16)14(13)21)18-19-12-3-2-9(6-10(12)15)25(22,23)24;;;;/h3-8,28H,1-2H3,(H,22,27)(H,29,30,31);3-8,25H,1-2H3,(H,26,27,28);5-9,22H,3-4H2,1-2H3,(H,25,26,27);2-6,21H,1H3,(H,17,20)(H,22,23,24);;;;/q;;;;4*+1/p-4. The van der Waals surface area contributed by atoms with Crippen molar-refractivity contribution in [3.8, 4) is 46.5 Å². The molecule has 37 nitrogen and oxygen atoms in total. The number of benzene rings is 8. The number of anilines is 2. The summed E-state index contributed by atoms with van der Waals surface area (Å²) in [5, 5.41) is 103. The van der Waals surface area contributed by atoms with Gasteiger partial charge in [0.25, 0.3) is 0 Å². The van der Waals surface area contributed by atoms with Gasteiger partial charge in [0.1, 0.15) is 85.8 Å². The van der Waals surface area contributed by atoms with Crippen LogP contribution in [0, 0.1) is 43.4 Å². The van der Waals surface area contributed by atoms with Crippen LogP contribution in [-0.2, 0) is 60.1 Å². The van der Waals surface area contributed by atoms with E-state index in [9.17, 15) is 101 Å². The number of nitrogens with one attached hydrogen (secondary N) is 2. The molecule has 2 aromatic heterocycles. The van der Waals surface area contributed by atoms with E-state index in [0.29, 0.717) is 22.6 Å². The van der Waals surface area contributed by atoms with Gasteiger partial charge < -0.3 is 49.3 Å².